The third-order valence-electron chi connectivity index (χ3n) is 3.93. The summed E-state index contributed by atoms with van der Waals surface area (Å²) in [5, 5.41) is 10.4. The Bertz CT molecular complexity index is 712. The van der Waals surface area contributed by atoms with E-state index in [0.717, 1.165) is 0 Å². The normalized spacial score (nSPS) is 14.6. The van der Waals surface area contributed by atoms with E-state index < -0.39 is 17.0 Å². The molecule has 0 amide bonds. The van der Waals surface area contributed by atoms with Crippen molar-refractivity contribution in [3.05, 3.63) is 41.0 Å². The second-order valence-electron chi connectivity index (χ2n) is 6.78. The first-order valence-electron chi connectivity index (χ1n) is 8.03. The maximum Gasteiger partial charge on any atom is 0.305 e. The zero-order chi connectivity index (χ0) is 17.9. The molecule has 2 rings (SSSR count). The number of carbonyl (C=O) groups is 3. The number of aliphatic hydroxyl groups excluding tert-OH is 1. The molecule has 0 radical (unpaired) electrons. The number of ketones is 2. The van der Waals surface area contributed by atoms with Crippen LogP contribution in [0.5, 0.6) is 0 Å². The number of esters is 1. The molecule has 0 aliphatic heterocycles. The first-order valence-corrected chi connectivity index (χ1v) is 8.03. The number of hydrogen-bond acceptors (Lipinski definition) is 5. The molecule has 5 heteroatoms. The molecule has 1 aromatic carbocycles. The lowest BCUT2D eigenvalue weighted by Gasteiger charge is -2.27. The molecule has 0 aromatic heterocycles. The van der Waals surface area contributed by atoms with Crippen LogP contribution in [0.2, 0.25) is 0 Å². The van der Waals surface area contributed by atoms with Crippen molar-refractivity contribution in [1.29, 1.82) is 0 Å². The predicted molar refractivity (Wildman–Crippen MR) is 89.6 cm³/mol. The van der Waals surface area contributed by atoms with Gasteiger partial charge in [-0.3, -0.25) is 14.4 Å². The number of Topliss-reactive ketones (excluding diaryl/α,β-unsaturated/α-hetero) is 2. The summed E-state index contributed by atoms with van der Waals surface area (Å²) in [6.07, 6.45) is 1.20. The SMILES string of the molecule is CCCC(=O)OCC(C)(C)CC1=C(O)c2ccccc2C(=O)C1=O. The van der Waals surface area contributed by atoms with Gasteiger partial charge in [-0.2, -0.15) is 0 Å². The van der Waals surface area contributed by atoms with Gasteiger partial charge in [0, 0.05) is 28.5 Å². The number of rotatable bonds is 6. The minimum atomic E-state index is -0.695. The second-order valence-corrected chi connectivity index (χ2v) is 6.78. The monoisotopic (exact) mass is 330 g/mol. The van der Waals surface area contributed by atoms with E-state index in [4.69, 9.17) is 4.74 Å². The topological polar surface area (TPSA) is 80.7 Å². The maximum absolute atomic E-state index is 12.3. The third kappa shape index (κ3) is 3.72. The molecule has 128 valence electrons. The van der Waals surface area contributed by atoms with Crippen LogP contribution in [-0.4, -0.2) is 29.2 Å². The zero-order valence-electron chi connectivity index (χ0n) is 14.2. The molecule has 0 saturated heterocycles. The molecule has 0 fully saturated rings. The van der Waals surface area contributed by atoms with Crippen LogP contribution in [0.4, 0.5) is 0 Å². The molecule has 0 unspecified atom stereocenters. The predicted octanol–water partition coefficient (Wildman–Crippen LogP) is 3.48. The average Bonchev–Trinajstić information content (AvgIpc) is 2.55. The number of aliphatic hydroxyl groups is 1. The highest BCUT2D eigenvalue weighted by Gasteiger charge is 2.36. The van der Waals surface area contributed by atoms with E-state index in [1.165, 1.54) is 6.07 Å². The smallest absolute Gasteiger partial charge is 0.305 e. The van der Waals surface area contributed by atoms with Crippen LogP contribution in [0.25, 0.3) is 5.76 Å². The molecule has 0 saturated carbocycles. The highest BCUT2D eigenvalue weighted by atomic mass is 16.5. The van der Waals surface area contributed by atoms with Gasteiger partial charge in [-0.05, 0) is 12.8 Å². The van der Waals surface area contributed by atoms with Crippen LogP contribution in [0, 0.1) is 5.41 Å². The van der Waals surface area contributed by atoms with Crippen molar-refractivity contribution in [2.75, 3.05) is 6.61 Å². The number of fused-ring (bicyclic) bond motifs is 1. The van der Waals surface area contributed by atoms with Crippen LogP contribution in [0.15, 0.2) is 29.8 Å². The van der Waals surface area contributed by atoms with Gasteiger partial charge in [0.1, 0.15) is 5.76 Å². The van der Waals surface area contributed by atoms with Crippen molar-refractivity contribution in [1.82, 2.24) is 0 Å². The summed E-state index contributed by atoms with van der Waals surface area (Å²) in [6.45, 7) is 5.65. The summed E-state index contributed by atoms with van der Waals surface area (Å²) in [5.41, 5.74) is 0.0941. The van der Waals surface area contributed by atoms with Gasteiger partial charge in [-0.15, -0.1) is 0 Å². The zero-order valence-corrected chi connectivity index (χ0v) is 14.2. The van der Waals surface area contributed by atoms with Crippen LogP contribution >= 0.6 is 0 Å². The van der Waals surface area contributed by atoms with Crippen molar-refractivity contribution in [2.24, 2.45) is 5.41 Å². The number of benzene rings is 1. The number of carbonyl (C=O) groups excluding carboxylic acids is 3. The molecule has 5 nitrogen and oxygen atoms in total. The third-order valence-corrected chi connectivity index (χ3v) is 3.93. The lowest BCUT2D eigenvalue weighted by atomic mass is 9.79. The molecule has 0 heterocycles. The first kappa shape index (κ1) is 17.9. The summed E-state index contributed by atoms with van der Waals surface area (Å²) >= 11 is 0. The van der Waals surface area contributed by atoms with Gasteiger partial charge in [-0.1, -0.05) is 45.0 Å². The Kier molecular flexibility index (Phi) is 5.22. The fourth-order valence-corrected chi connectivity index (χ4v) is 2.66. The number of allylic oxidation sites excluding steroid dienone is 1. The van der Waals surface area contributed by atoms with Gasteiger partial charge in [0.05, 0.1) is 6.61 Å². The molecule has 1 aliphatic rings. The van der Waals surface area contributed by atoms with Gasteiger partial charge in [0.25, 0.3) is 0 Å². The molecule has 1 aromatic rings. The van der Waals surface area contributed by atoms with Gasteiger partial charge in [0.15, 0.2) is 0 Å². The molecule has 24 heavy (non-hydrogen) atoms. The average molecular weight is 330 g/mol. The van der Waals surface area contributed by atoms with Gasteiger partial charge < -0.3 is 9.84 Å². The summed E-state index contributed by atoms with van der Waals surface area (Å²) in [6, 6.07) is 6.50. The number of ether oxygens (including phenoxy) is 1. The van der Waals surface area contributed by atoms with E-state index in [1.807, 2.05) is 20.8 Å². The van der Waals surface area contributed by atoms with Crippen LogP contribution < -0.4 is 0 Å². The van der Waals surface area contributed by atoms with Gasteiger partial charge in [0.2, 0.25) is 11.6 Å². The first-order chi connectivity index (χ1) is 11.3. The van der Waals surface area contributed by atoms with E-state index in [1.54, 1.807) is 18.2 Å². The van der Waals surface area contributed by atoms with Crippen LogP contribution in [0.1, 0.15) is 56.0 Å². The largest absolute Gasteiger partial charge is 0.507 e. The fraction of sp³-hybridized carbons (Fsp3) is 0.421. The van der Waals surface area contributed by atoms with Gasteiger partial charge in [-0.25, -0.2) is 0 Å². The van der Waals surface area contributed by atoms with E-state index in [0.29, 0.717) is 18.4 Å². The quantitative estimate of drug-likeness (QED) is 0.638. The van der Waals surface area contributed by atoms with Crippen LogP contribution in [0.3, 0.4) is 0 Å². The van der Waals surface area contributed by atoms with Crippen molar-refractivity contribution in [3.63, 3.8) is 0 Å². The highest BCUT2D eigenvalue weighted by Crippen LogP contribution is 2.35. The fourth-order valence-electron chi connectivity index (χ4n) is 2.66. The summed E-state index contributed by atoms with van der Waals surface area (Å²) in [7, 11) is 0. The Hall–Kier alpha value is -2.43. The van der Waals surface area contributed by atoms with Crippen LogP contribution in [-0.2, 0) is 14.3 Å². The van der Waals surface area contributed by atoms with E-state index in [2.05, 4.69) is 0 Å². The molecule has 1 aliphatic carbocycles. The van der Waals surface area contributed by atoms with E-state index in [-0.39, 0.29) is 35.9 Å². The molecule has 0 spiro atoms. The van der Waals surface area contributed by atoms with E-state index in [9.17, 15) is 19.5 Å². The van der Waals surface area contributed by atoms with Gasteiger partial charge >= 0.3 is 5.97 Å². The molecule has 0 atom stereocenters. The standard InChI is InChI=1S/C19H22O5/c1-4-7-15(20)24-11-19(2,3)10-14-16(21)12-8-5-6-9-13(12)17(22)18(14)23/h5-6,8-9,21H,4,7,10-11H2,1-3H3. The summed E-state index contributed by atoms with van der Waals surface area (Å²) in [4.78, 5) is 36.1. The summed E-state index contributed by atoms with van der Waals surface area (Å²) < 4.78 is 5.22. The minimum Gasteiger partial charge on any atom is -0.507 e. The van der Waals surface area contributed by atoms with Crippen molar-refractivity contribution >= 4 is 23.3 Å². The Morgan fingerprint density at radius 2 is 1.75 bits per heavy atom. The Morgan fingerprint density at radius 1 is 1.12 bits per heavy atom. The molecular formula is C19H22O5. The summed E-state index contributed by atoms with van der Waals surface area (Å²) in [5.74, 6) is -1.76. The second kappa shape index (κ2) is 6.99. The molecule has 0 bridgehead atoms. The van der Waals surface area contributed by atoms with Crippen molar-refractivity contribution in [2.45, 2.75) is 40.0 Å². The lowest BCUT2D eigenvalue weighted by Crippen LogP contribution is -2.29. The maximum atomic E-state index is 12.3. The number of hydrogen-bond donors (Lipinski definition) is 1. The van der Waals surface area contributed by atoms with Crippen molar-refractivity contribution in [3.8, 4) is 0 Å². The molecule has 1 N–H and O–H groups in total. The lowest BCUT2D eigenvalue weighted by molar-refractivity contribution is -0.146. The molecular weight excluding hydrogens is 308 g/mol. The highest BCUT2D eigenvalue weighted by molar-refractivity contribution is 6.52. The Balaban J connectivity index is 2.23. The Labute approximate surface area is 141 Å². The Morgan fingerprint density at radius 3 is 2.38 bits per heavy atom. The van der Waals surface area contributed by atoms with E-state index >= 15 is 0 Å². The minimum absolute atomic E-state index is 0.0789. The van der Waals surface area contributed by atoms with Crippen molar-refractivity contribution < 1.29 is 24.2 Å².